The van der Waals surface area contributed by atoms with E-state index in [1.807, 2.05) is 19.9 Å². The highest BCUT2D eigenvalue weighted by Crippen LogP contribution is 2.21. The van der Waals surface area contributed by atoms with Crippen molar-refractivity contribution in [3.8, 4) is 0 Å². The van der Waals surface area contributed by atoms with Crippen LogP contribution in [0.2, 0.25) is 5.02 Å². The molecule has 4 N–H and O–H groups in total. The number of nitrogens with two attached hydrogens (primary N) is 1. The number of carbonyl (C=O) groups excluding carboxylic acids is 1. The number of hydrogen-bond donors (Lipinski definition) is 3. The van der Waals surface area contributed by atoms with Crippen molar-refractivity contribution >= 4 is 23.3 Å². The lowest BCUT2D eigenvalue weighted by molar-refractivity contribution is 0.0925. The number of nitrogens with one attached hydrogen (secondary N) is 1. The zero-order valence-electron chi connectivity index (χ0n) is 11.2. The summed E-state index contributed by atoms with van der Waals surface area (Å²) in [7, 11) is 0. The summed E-state index contributed by atoms with van der Waals surface area (Å²) in [6.07, 6.45) is 0.484. The monoisotopic (exact) mass is 283 g/mol. The van der Waals surface area contributed by atoms with Gasteiger partial charge in [0.2, 0.25) is 0 Å². The number of amidine groups is 1. The minimum Gasteiger partial charge on any atom is -0.409 e. The molecule has 1 aromatic carbocycles. The van der Waals surface area contributed by atoms with Gasteiger partial charge in [0.05, 0.1) is 16.1 Å². The maximum Gasteiger partial charge on any atom is 0.253 e. The van der Waals surface area contributed by atoms with Crippen LogP contribution in [0.4, 0.5) is 0 Å². The van der Waals surface area contributed by atoms with E-state index in [9.17, 15) is 4.79 Å². The van der Waals surface area contributed by atoms with Gasteiger partial charge >= 0.3 is 0 Å². The first-order chi connectivity index (χ1) is 8.85. The number of aryl methyl sites for hydroxylation is 1. The summed E-state index contributed by atoms with van der Waals surface area (Å²) >= 11 is 6.10. The molecule has 5 nitrogen and oxygen atoms in total. The summed E-state index contributed by atoms with van der Waals surface area (Å²) in [6, 6.07) is 5.21. The van der Waals surface area contributed by atoms with Crippen molar-refractivity contribution in [1.82, 2.24) is 5.32 Å². The Hall–Kier alpha value is -1.75. The molecule has 0 spiro atoms. The van der Waals surface area contributed by atoms with E-state index in [1.165, 1.54) is 0 Å². The highest BCUT2D eigenvalue weighted by molar-refractivity contribution is 6.34. The number of benzene rings is 1. The van der Waals surface area contributed by atoms with Gasteiger partial charge in [0, 0.05) is 0 Å². The van der Waals surface area contributed by atoms with Gasteiger partial charge in [-0.3, -0.25) is 4.79 Å². The van der Waals surface area contributed by atoms with E-state index in [1.54, 1.807) is 19.1 Å². The fourth-order valence-electron chi connectivity index (χ4n) is 1.58. The van der Waals surface area contributed by atoms with Crippen LogP contribution in [0.5, 0.6) is 0 Å². The fourth-order valence-corrected chi connectivity index (χ4v) is 1.80. The van der Waals surface area contributed by atoms with Gasteiger partial charge in [-0.15, -0.1) is 0 Å². The third-order valence-corrected chi connectivity index (χ3v) is 3.71. The van der Waals surface area contributed by atoms with Crippen molar-refractivity contribution in [2.75, 3.05) is 0 Å². The highest BCUT2D eigenvalue weighted by Gasteiger charge is 2.30. The van der Waals surface area contributed by atoms with E-state index in [2.05, 4.69) is 10.5 Å². The van der Waals surface area contributed by atoms with Gasteiger partial charge in [-0.1, -0.05) is 35.8 Å². The molecule has 0 fully saturated rings. The second kappa shape index (κ2) is 5.93. The van der Waals surface area contributed by atoms with E-state index < -0.39 is 5.54 Å². The van der Waals surface area contributed by atoms with Crippen LogP contribution < -0.4 is 11.1 Å². The van der Waals surface area contributed by atoms with E-state index >= 15 is 0 Å². The SMILES string of the molecule is CCC(C)(NC(=O)c1cccc(C)c1Cl)/C(N)=N/O. The third kappa shape index (κ3) is 3.17. The highest BCUT2D eigenvalue weighted by atomic mass is 35.5. The minimum absolute atomic E-state index is 0.0490. The number of nitrogens with zero attached hydrogens (tertiary/aromatic N) is 1. The smallest absolute Gasteiger partial charge is 0.253 e. The summed E-state index contributed by atoms with van der Waals surface area (Å²) in [5.74, 6) is -0.406. The van der Waals surface area contributed by atoms with E-state index in [0.717, 1.165) is 5.56 Å². The summed E-state index contributed by atoms with van der Waals surface area (Å²) in [5.41, 5.74) is 5.87. The normalized spacial score (nSPS) is 14.8. The predicted octanol–water partition coefficient (Wildman–Crippen LogP) is 2.29. The van der Waals surface area contributed by atoms with Crippen LogP contribution in [0.15, 0.2) is 23.4 Å². The molecule has 0 radical (unpaired) electrons. The van der Waals surface area contributed by atoms with Crippen LogP contribution in [0, 0.1) is 6.92 Å². The molecule has 0 aromatic heterocycles. The second-order valence-electron chi connectivity index (χ2n) is 4.56. The lowest BCUT2D eigenvalue weighted by Gasteiger charge is -2.28. The van der Waals surface area contributed by atoms with Gasteiger partial charge in [-0.05, 0) is 31.9 Å². The van der Waals surface area contributed by atoms with Crippen molar-refractivity contribution < 1.29 is 10.0 Å². The van der Waals surface area contributed by atoms with Gasteiger partial charge in [-0.2, -0.15) is 0 Å². The van der Waals surface area contributed by atoms with Crippen LogP contribution in [0.1, 0.15) is 36.2 Å². The Labute approximate surface area is 117 Å². The Bertz CT molecular complexity index is 517. The number of oxime groups is 1. The molecule has 0 saturated carbocycles. The molecule has 19 heavy (non-hydrogen) atoms. The van der Waals surface area contributed by atoms with Gasteiger partial charge in [0.15, 0.2) is 5.84 Å². The van der Waals surface area contributed by atoms with Crippen LogP contribution in [-0.2, 0) is 0 Å². The molecule has 0 aliphatic heterocycles. The van der Waals surface area contributed by atoms with E-state index in [4.69, 9.17) is 22.5 Å². The Morgan fingerprint density at radius 2 is 2.21 bits per heavy atom. The summed E-state index contributed by atoms with van der Waals surface area (Å²) in [4.78, 5) is 12.2. The molecule has 0 aliphatic rings. The Morgan fingerprint density at radius 1 is 1.58 bits per heavy atom. The zero-order chi connectivity index (χ0) is 14.6. The number of amides is 1. The van der Waals surface area contributed by atoms with Crippen LogP contribution in [0.3, 0.4) is 0 Å². The number of hydrogen-bond acceptors (Lipinski definition) is 3. The van der Waals surface area contributed by atoms with Crippen LogP contribution >= 0.6 is 11.6 Å². The molecule has 1 aromatic rings. The summed E-state index contributed by atoms with van der Waals surface area (Å²) in [5, 5.41) is 14.9. The molecule has 104 valence electrons. The summed E-state index contributed by atoms with van der Waals surface area (Å²) in [6.45, 7) is 5.33. The zero-order valence-corrected chi connectivity index (χ0v) is 12.0. The standard InChI is InChI=1S/C13H18ClN3O2/c1-4-13(3,12(15)17-19)16-11(18)9-7-5-6-8(2)10(9)14/h5-7,19H,4H2,1-3H3,(H2,15,17)(H,16,18). The predicted molar refractivity (Wildman–Crippen MR) is 75.8 cm³/mol. The van der Waals surface area contributed by atoms with Crippen molar-refractivity contribution in [2.45, 2.75) is 32.7 Å². The maximum atomic E-state index is 12.2. The molecule has 1 amide bonds. The quantitative estimate of drug-likeness (QED) is 0.343. The lowest BCUT2D eigenvalue weighted by atomic mass is 9.96. The molecule has 1 atom stereocenters. The van der Waals surface area contributed by atoms with Crippen LogP contribution in [0.25, 0.3) is 0 Å². The molecule has 0 saturated heterocycles. The topological polar surface area (TPSA) is 87.7 Å². The van der Waals surface area contributed by atoms with E-state index in [0.29, 0.717) is 17.0 Å². The van der Waals surface area contributed by atoms with Gasteiger partial charge in [0.25, 0.3) is 5.91 Å². The molecule has 0 heterocycles. The average Bonchev–Trinajstić information content (AvgIpc) is 2.40. The third-order valence-electron chi connectivity index (χ3n) is 3.21. The van der Waals surface area contributed by atoms with Crippen LogP contribution in [-0.4, -0.2) is 22.5 Å². The van der Waals surface area contributed by atoms with Crippen molar-refractivity contribution in [3.05, 3.63) is 34.3 Å². The molecular formula is C13H18ClN3O2. The number of rotatable bonds is 4. The molecule has 0 aliphatic carbocycles. The molecule has 1 rings (SSSR count). The Kier molecular flexibility index (Phi) is 4.78. The Balaban J connectivity index is 3.05. The van der Waals surface area contributed by atoms with E-state index in [-0.39, 0.29) is 11.7 Å². The molecule has 0 bridgehead atoms. The first kappa shape index (κ1) is 15.3. The summed E-state index contributed by atoms with van der Waals surface area (Å²) < 4.78 is 0. The van der Waals surface area contributed by atoms with Crippen molar-refractivity contribution in [2.24, 2.45) is 10.9 Å². The maximum absolute atomic E-state index is 12.2. The second-order valence-corrected chi connectivity index (χ2v) is 4.94. The number of halogens is 1. The molecular weight excluding hydrogens is 266 g/mol. The Morgan fingerprint density at radius 3 is 2.74 bits per heavy atom. The van der Waals surface area contributed by atoms with Gasteiger partial charge in [0.1, 0.15) is 0 Å². The van der Waals surface area contributed by atoms with Gasteiger partial charge < -0.3 is 16.3 Å². The van der Waals surface area contributed by atoms with Gasteiger partial charge in [-0.25, -0.2) is 0 Å². The first-order valence-electron chi connectivity index (χ1n) is 5.91. The first-order valence-corrected chi connectivity index (χ1v) is 6.29. The average molecular weight is 284 g/mol. The largest absolute Gasteiger partial charge is 0.409 e. The fraction of sp³-hybridized carbons (Fsp3) is 0.385. The van der Waals surface area contributed by atoms with Crippen molar-refractivity contribution in [1.29, 1.82) is 0 Å². The minimum atomic E-state index is -0.918. The van der Waals surface area contributed by atoms with Crippen molar-refractivity contribution in [3.63, 3.8) is 0 Å². The molecule has 6 heteroatoms. The number of carbonyl (C=O) groups is 1. The molecule has 1 unspecified atom stereocenters. The lowest BCUT2D eigenvalue weighted by Crippen LogP contribution is -2.55.